The van der Waals surface area contributed by atoms with Gasteiger partial charge in [0.15, 0.2) is 5.69 Å². The van der Waals surface area contributed by atoms with Crippen LogP contribution in [0.2, 0.25) is 0 Å². The number of carbonyl (C=O) groups excluding carboxylic acids is 2. The molecule has 0 aliphatic carbocycles. The van der Waals surface area contributed by atoms with E-state index in [0.29, 0.717) is 43.8 Å². The van der Waals surface area contributed by atoms with Gasteiger partial charge < -0.3 is 19.5 Å². The smallest absolute Gasteiger partial charge is 0.274 e. The van der Waals surface area contributed by atoms with Crippen LogP contribution in [0.15, 0.2) is 59.1 Å². The molecular formula is C23H23N3O4. The minimum atomic E-state index is -0.298. The van der Waals surface area contributed by atoms with E-state index >= 15 is 0 Å². The first-order valence-corrected chi connectivity index (χ1v) is 9.84. The van der Waals surface area contributed by atoms with Crippen molar-refractivity contribution >= 4 is 11.8 Å². The predicted octanol–water partition coefficient (Wildman–Crippen LogP) is 2.74. The van der Waals surface area contributed by atoms with Gasteiger partial charge in [0.2, 0.25) is 5.91 Å². The fourth-order valence-electron chi connectivity index (χ4n) is 3.49. The summed E-state index contributed by atoms with van der Waals surface area (Å²) in [4.78, 5) is 27.2. The van der Waals surface area contributed by atoms with Crippen LogP contribution in [0, 0.1) is 0 Å². The number of ether oxygens (including phenoxy) is 1. The number of aromatic nitrogens is 1. The number of benzene rings is 2. The molecule has 0 unspecified atom stereocenters. The van der Waals surface area contributed by atoms with E-state index in [1.165, 1.54) is 0 Å². The lowest BCUT2D eigenvalue weighted by Crippen LogP contribution is -2.37. The Balaban J connectivity index is 1.40. The Bertz CT molecular complexity index is 1030. The monoisotopic (exact) mass is 405 g/mol. The topological polar surface area (TPSA) is 84.7 Å². The number of fused-ring (bicyclic) bond motifs is 1. The minimum Gasteiger partial charge on any atom is -0.497 e. The van der Waals surface area contributed by atoms with E-state index in [1.807, 2.05) is 54.6 Å². The van der Waals surface area contributed by atoms with E-state index in [-0.39, 0.29) is 17.5 Å². The Labute approximate surface area is 174 Å². The summed E-state index contributed by atoms with van der Waals surface area (Å²) in [7, 11) is 1.61. The summed E-state index contributed by atoms with van der Waals surface area (Å²) in [5, 5.41) is 6.84. The van der Waals surface area contributed by atoms with Crippen molar-refractivity contribution in [2.24, 2.45) is 0 Å². The molecule has 0 radical (unpaired) electrons. The Morgan fingerprint density at radius 3 is 2.60 bits per heavy atom. The fraction of sp³-hybridized carbons (Fsp3) is 0.261. The minimum absolute atomic E-state index is 0.00246. The van der Waals surface area contributed by atoms with Crippen LogP contribution in [0.25, 0.3) is 0 Å². The zero-order valence-corrected chi connectivity index (χ0v) is 16.8. The standard InChI is InChI=1S/C23H23N3O4/c1-29-18-9-7-16(8-10-18)13-21(27)26-12-11-20-19(15-26)22(25-30-20)23(28)24-14-17-5-3-2-4-6-17/h2-10H,11-15H2,1H3,(H,24,28). The summed E-state index contributed by atoms with van der Waals surface area (Å²) in [6.45, 7) is 1.27. The zero-order chi connectivity index (χ0) is 20.9. The molecule has 2 heterocycles. The molecule has 7 nitrogen and oxygen atoms in total. The molecule has 0 spiro atoms. The lowest BCUT2D eigenvalue weighted by atomic mass is 10.0. The highest BCUT2D eigenvalue weighted by Gasteiger charge is 2.29. The van der Waals surface area contributed by atoms with Gasteiger partial charge in [-0.15, -0.1) is 0 Å². The molecule has 0 saturated heterocycles. The number of amides is 2. The van der Waals surface area contributed by atoms with Crippen molar-refractivity contribution in [1.29, 1.82) is 0 Å². The van der Waals surface area contributed by atoms with Gasteiger partial charge in [-0.25, -0.2) is 0 Å². The molecular weight excluding hydrogens is 382 g/mol. The largest absolute Gasteiger partial charge is 0.497 e. The molecule has 1 aliphatic rings. The van der Waals surface area contributed by atoms with Crippen molar-refractivity contribution in [2.75, 3.05) is 13.7 Å². The van der Waals surface area contributed by atoms with Gasteiger partial charge in [0.25, 0.3) is 5.91 Å². The third-order valence-corrected chi connectivity index (χ3v) is 5.21. The van der Waals surface area contributed by atoms with Crippen molar-refractivity contribution in [3.8, 4) is 5.75 Å². The quantitative estimate of drug-likeness (QED) is 0.682. The molecule has 4 rings (SSSR count). The van der Waals surface area contributed by atoms with Crippen LogP contribution in [0.3, 0.4) is 0 Å². The number of nitrogens with one attached hydrogen (secondary N) is 1. The van der Waals surface area contributed by atoms with Gasteiger partial charge in [-0.05, 0) is 23.3 Å². The van der Waals surface area contributed by atoms with Gasteiger partial charge >= 0.3 is 0 Å². The normalized spacial score (nSPS) is 12.9. The molecule has 3 aromatic rings. The molecule has 7 heteroatoms. The van der Waals surface area contributed by atoms with E-state index in [4.69, 9.17) is 9.26 Å². The maximum absolute atomic E-state index is 12.8. The molecule has 30 heavy (non-hydrogen) atoms. The molecule has 0 bridgehead atoms. The summed E-state index contributed by atoms with van der Waals surface area (Å²) in [5.41, 5.74) is 2.86. The molecule has 0 saturated carbocycles. The Morgan fingerprint density at radius 1 is 1.10 bits per heavy atom. The lowest BCUT2D eigenvalue weighted by Gasteiger charge is -2.26. The van der Waals surface area contributed by atoms with E-state index in [2.05, 4.69) is 10.5 Å². The molecule has 2 aromatic carbocycles. The number of carbonyl (C=O) groups is 2. The third-order valence-electron chi connectivity index (χ3n) is 5.21. The van der Waals surface area contributed by atoms with Crippen molar-refractivity contribution in [3.05, 3.63) is 82.7 Å². The van der Waals surface area contributed by atoms with Gasteiger partial charge in [-0.1, -0.05) is 47.6 Å². The van der Waals surface area contributed by atoms with E-state index in [1.54, 1.807) is 12.0 Å². The third kappa shape index (κ3) is 4.35. The fourth-order valence-corrected chi connectivity index (χ4v) is 3.49. The first kappa shape index (κ1) is 19.7. The highest BCUT2D eigenvalue weighted by Crippen LogP contribution is 2.23. The van der Waals surface area contributed by atoms with Crippen LogP contribution in [0.1, 0.15) is 32.9 Å². The van der Waals surface area contributed by atoms with E-state index in [0.717, 1.165) is 16.9 Å². The van der Waals surface area contributed by atoms with Crippen LogP contribution in [0.4, 0.5) is 0 Å². The summed E-state index contributed by atoms with van der Waals surface area (Å²) < 4.78 is 10.5. The van der Waals surface area contributed by atoms with Crippen LogP contribution < -0.4 is 10.1 Å². The second kappa shape index (κ2) is 8.82. The average Bonchev–Trinajstić information content (AvgIpc) is 3.22. The molecule has 2 amide bonds. The molecule has 0 fully saturated rings. The van der Waals surface area contributed by atoms with Gasteiger partial charge in [0.1, 0.15) is 11.5 Å². The first-order valence-electron chi connectivity index (χ1n) is 9.84. The second-order valence-corrected chi connectivity index (χ2v) is 7.19. The molecule has 1 N–H and O–H groups in total. The van der Waals surface area contributed by atoms with Crippen LogP contribution in [-0.4, -0.2) is 35.5 Å². The molecule has 0 atom stereocenters. The van der Waals surface area contributed by atoms with E-state index < -0.39 is 0 Å². The second-order valence-electron chi connectivity index (χ2n) is 7.19. The van der Waals surface area contributed by atoms with Crippen LogP contribution in [0.5, 0.6) is 5.75 Å². The van der Waals surface area contributed by atoms with Crippen LogP contribution >= 0.6 is 0 Å². The Kier molecular flexibility index (Phi) is 5.79. The summed E-state index contributed by atoms with van der Waals surface area (Å²) in [6.07, 6.45) is 0.836. The Hall–Kier alpha value is -3.61. The highest BCUT2D eigenvalue weighted by atomic mass is 16.5. The number of hydrogen-bond donors (Lipinski definition) is 1. The summed E-state index contributed by atoms with van der Waals surface area (Å²) in [6, 6.07) is 17.1. The molecule has 1 aliphatic heterocycles. The number of hydrogen-bond acceptors (Lipinski definition) is 5. The predicted molar refractivity (Wildman–Crippen MR) is 110 cm³/mol. The van der Waals surface area contributed by atoms with Crippen molar-refractivity contribution in [1.82, 2.24) is 15.4 Å². The maximum atomic E-state index is 12.8. The van der Waals surface area contributed by atoms with Crippen molar-refractivity contribution < 1.29 is 18.8 Å². The lowest BCUT2D eigenvalue weighted by molar-refractivity contribution is -0.131. The Morgan fingerprint density at radius 2 is 1.87 bits per heavy atom. The zero-order valence-electron chi connectivity index (χ0n) is 16.8. The number of rotatable bonds is 6. The maximum Gasteiger partial charge on any atom is 0.274 e. The summed E-state index contributed by atoms with van der Waals surface area (Å²) >= 11 is 0. The highest BCUT2D eigenvalue weighted by molar-refractivity contribution is 5.94. The van der Waals surface area contributed by atoms with Gasteiger partial charge in [-0.2, -0.15) is 0 Å². The van der Waals surface area contributed by atoms with Crippen LogP contribution in [-0.2, 0) is 30.7 Å². The van der Waals surface area contributed by atoms with Gasteiger partial charge in [-0.3, -0.25) is 9.59 Å². The van der Waals surface area contributed by atoms with Gasteiger partial charge in [0.05, 0.1) is 20.1 Å². The SMILES string of the molecule is COc1ccc(CC(=O)N2CCc3onc(C(=O)NCc4ccccc4)c3C2)cc1. The average molecular weight is 405 g/mol. The number of nitrogens with zero attached hydrogens (tertiary/aromatic N) is 2. The van der Waals surface area contributed by atoms with Crippen molar-refractivity contribution in [3.63, 3.8) is 0 Å². The molecule has 154 valence electrons. The van der Waals surface area contributed by atoms with E-state index in [9.17, 15) is 9.59 Å². The first-order chi connectivity index (χ1) is 14.6. The number of methoxy groups -OCH3 is 1. The molecule has 1 aromatic heterocycles. The van der Waals surface area contributed by atoms with Crippen molar-refractivity contribution in [2.45, 2.75) is 25.9 Å². The summed E-state index contributed by atoms with van der Waals surface area (Å²) in [5.74, 6) is 1.13. The van der Waals surface area contributed by atoms with Gasteiger partial charge in [0, 0.05) is 25.1 Å².